The average molecular weight is 303 g/mol. The van der Waals surface area contributed by atoms with Crippen molar-refractivity contribution in [2.24, 2.45) is 0 Å². The van der Waals surface area contributed by atoms with Crippen molar-refractivity contribution in [1.29, 1.82) is 0 Å². The van der Waals surface area contributed by atoms with Gasteiger partial charge in [-0.2, -0.15) is 0 Å². The van der Waals surface area contributed by atoms with Crippen molar-refractivity contribution >= 4 is 5.91 Å². The number of benzene rings is 1. The summed E-state index contributed by atoms with van der Waals surface area (Å²) in [5.74, 6) is 1.06. The number of aliphatic hydroxyl groups is 1. The molecule has 0 fully saturated rings. The summed E-state index contributed by atoms with van der Waals surface area (Å²) in [6.45, 7) is 4.38. The van der Waals surface area contributed by atoms with Crippen LogP contribution in [0.25, 0.3) is 0 Å². The fourth-order valence-electron chi connectivity index (χ4n) is 2.00. The molecule has 0 radical (unpaired) electrons. The van der Waals surface area contributed by atoms with Crippen LogP contribution in [-0.4, -0.2) is 24.2 Å². The van der Waals surface area contributed by atoms with Crippen LogP contribution >= 0.6 is 0 Å². The second-order valence-corrected chi connectivity index (χ2v) is 5.20. The second kappa shape index (κ2) is 7.66. The molecule has 2 N–H and O–H groups in total. The van der Waals surface area contributed by atoms with Gasteiger partial charge in [-0.3, -0.25) is 4.79 Å². The molecule has 22 heavy (non-hydrogen) atoms. The van der Waals surface area contributed by atoms with Crippen LogP contribution in [-0.2, 0) is 4.79 Å². The van der Waals surface area contributed by atoms with E-state index in [1.54, 1.807) is 12.1 Å². The third-order valence-electron chi connectivity index (χ3n) is 3.29. The van der Waals surface area contributed by atoms with Gasteiger partial charge in [0.2, 0.25) is 5.91 Å². The molecule has 0 aliphatic rings. The van der Waals surface area contributed by atoms with E-state index in [2.05, 4.69) is 5.32 Å². The molecule has 0 bridgehead atoms. The summed E-state index contributed by atoms with van der Waals surface area (Å²) in [6.07, 6.45) is 0.885. The van der Waals surface area contributed by atoms with E-state index < -0.39 is 6.10 Å². The molecule has 118 valence electrons. The largest absolute Gasteiger partial charge is 0.493 e. The van der Waals surface area contributed by atoms with E-state index in [1.165, 1.54) is 6.26 Å². The molecule has 1 atom stereocenters. The van der Waals surface area contributed by atoms with Crippen molar-refractivity contribution in [3.63, 3.8) is 0 Å². The maximum atomic E-state index is 11.7. The molecular formula is C17H21NO4. The van der Waals surface area contributed by atoms with E-state index in [-0.39, 0.29) is 18.9 Å². The Morgan fingerprint density at radius 3 is 2.91 bits per heavy atom. The lowest BCUT2D eigenvalue weighted by Gasteiger charge is -2.11. The standard InChI is InChI=1S/C17H21NO4/c1-12-5-6-13(2)16(10-12)22-9-7-17(20)18-11-14(19)15-4-3-8-21-15/h3-6,8,10,14,19H,7,9,11H2,1-2H3,(H,18,20). The fraction of sp³-hybridized carbons (Fsp3) is 0.353. The van der Waals surface area contributed by atoms with Gasteiger partial charge in [0.15, 0.2) is 0 Å². The van der Waals surface area contributed by atoms with E-state index in [4.69, 9.17) is 9.15 Å². The summed E-state index contributed by atoms with van der Waals surface area (Å²) in [4.78, 5) is 11.7. The number of aryl methyl sites for hydroxylation is 2. The molecule has 2 aromatic rings. The van der Waals surface area contributed by atoms with Crippen LogP contribution in [0.3, 0.4) is 0 Å². The number of nitrogens with one attached hydrogen (secondary N) is 1. The number of amides is 1. The Balaban J connectivity index is 1.70. The average Bonchev–Trinajstić information content (AvgIpc) is 3.02. The van der Waals surface area contributed by atoms with E-state index in [0.717, 1.165) is 16.9 Å². The summed E-state index contributed by atoms with van der Waals surface area (Å²) < 4.78 is 10.7. The van der Waals surface area contributed by atoms with Crippen LogP contribution in [0.15, 0.2) is 41.0 Å². The quantitative estimate of drug-likeness (QED) is 0.824. The zero-order chi connectivity index (χ0) is 15.9. The summed E-state index contributed by atoms with van der Waals surface area (Å²) >= 11 is 0. The summed E-state index contributed by atoms with van der Waals surface area (Å²) in [5, 5.41) is 12.4. The van der Waals surface area contributed by atoms with Gasteiger partial charge in [-0.1, -0.05) is 12.1 Å². The first-order chi connectivity index (χ1) is 10.6. The zero-order valence-corrected chi connectivity index (χ0v) is 12.8. The lowest BCUT2D eigenvalue weighted by molar-refractivity contribution is -0.122. The number of ether oxygens (including phenoxy) is 1. The molecular weight excluding hydrogens is 282 g/mol. The molecule has 0 aliphatic carbocycles. The first-order valence-electron chi connectivity index (χ1n) is 7.24. The molecule has 0 saturated heterocycles. The minimum Gasteiger partial charge on any atom is -0.493 e. The monoisotopic (exact) mass is 303 g/mol. The lowest BCUT2D eigenvalue weighted by atomic mass is 10.1. The Labute approximate surface area is 129 Å². The Kier molecular flexibility index (Phi) is 5.61. The molecule has 0 saturated carbocycles. The lowest BCUT2D eigenvalue weighted by Crippen LogP contribution is -2.29. The van der Waals surface area contributed by atoms with Crippen molar-refractivity contribution < 1.29 is 19.1 Å². The van der Waals surface area contributed by atoms with Crippen LogP contribution in [0.2, 0.25) is 0 Å². The van der Waals surface area contributed by atoms with Gasteiger partial charge >= 0.3 is 0 Å². The SMILES string of the molecule is Cc1ccc(C)c(OCCC(=O)NCC(O)c2ccco2)c1. The van der Waals surface area contributed by atoms with Gasteiger partial charge in [0.25, 0.3) is 0 Å². The number of hydrogen-bond acceptors (Lipinski definition) is 4. The van der Waals surface area contributed by atoms with E-state index in [0.29, 0.717) is 12.4 Å². The fourth-order valence-corrected chi connectivity index (χ4v) is 2.00. The Hall–Kier alpha value is -2.27. The van der Waals surface area contributed by atoms with E-state index >= 15 is 0 Å². The van der Waals surface area contributed by atoms with E-state index in [1.807, 2.05) is 32.0 Å². The van der Waals surface area contributed by atoms with Crippen molar-refractivity contribution in [2.75, 3.05) is 13.2 Å². The van der Waals surface area contributed by atoms with Crippen molar-refractivity contribution in [2.45, 2.75) is 26.4 Å². The van der Waals surface area contributed by atoms with Crippen molar-refractivity contribution in [3.05, 3.63) is 53.5 Å². The summed E-state index contributed by atoms with van der Waals surface area (Å²) in [5.41, 5.74) is 2.16. The van der Waals surface area contributed by atoms with Crippen molar-refractivity contribution in [1.82, 2.24) is 5.32 Å². The zero-order valence-electron chi connectivity index (χ0n) is 12.8. The number of carbonyl (C=O) groups excluding carboxylic acids is 1. The number of furan rings is 1. The van der Waals surface area contributed by atoms with Crippen molar-refractivity contribution in [3.8, 4) is 5.75 Å². The Morgan fingerprint density at radius 2 is 2.18 bits per heavy atom. The molecule has 5 nitrogen and oxygen atoms in total. The Morgan fingerprint density at radius 1 is 1.36 bits per heavy atom. The predicted octanol–water partition coefficient (Wildman–Crippen LogP) is 2.52. The second-order valence-electron chi connectivity index (χ2n) is 5.20. The molecule has 1 aromatic carbocycles. The first kappa shape index (κ1) is 16.1. The molecule has 1 unspecified atom stereocenters. The Bertz CT molecular complexity index is 607. The van der Waals surface area contributed by atoms with Crippen LogP contribution in [0.1, 0.15) is 29.4 Å². The minimum absolute atomic E-state index is 0.121. The normalized spacial score (nSPS) is 12.0. The summed E-state index contributed by atoms with van der Waals surface area (Å²) in [6, 6.07) is 9.32. The molecule has 0 spiro atoms. The maximum absolute atomic E-state index is 11.7. The highest BCUT2D eigenvalue weighted by molar-refractivity contribution is 5.76. The number of carbonyl (C=O) groups is 1. The van der Waals surface area contributed by atoms with Gasteiger partial charge < -0.3 is 19.6 Å². The van der Waals surface area contributed by atoms with Gasteiger partial charge in [-0.05, 0) is 43.2 Å². The maximum Gasteiger partial charge on any atom is 0.223 e. The minimum atomic E-state index is -0.834. The molecule has 1 heterocycles. The third kappa shape index (κ3) is 4.63. The van der Waals surface area contributed by atoms with Crippen LogP contribution in [0.4, 0.5) is 0 Å². The number of aliphatic hydroxyl groups excluding tert-OH is 1. The van der Waals surface area contributed by atoms with Crippen LogP contribution in [0.5, 0.6) is 5.75 Å². The van der Waals surface area contributed by atoms with E-state index in [9.17, 15) is 9.90 Å². The predicted molar refractivity (Wildman–Crippen MR) is 82.7 cm³/mol. The molecule has 1 amide bonds. The topological polar surface area (TPSA) is 71.7 Å². The van der Waals surface area contributed by atoms with Crippen LogP contribution < -0.4 is 10.1 Å². The highest BCUT2D eigenvalue weighted by Gasteiger charge is 2.12. The molecule has 0 aliphatic heterocycles. The third-order valence-corrected chi connectivity index (χ3v) is 3.29. The van der Waals surface area contributed by atoms with Gasteiger partial charge in [-0.15, -0.1) is 0 Å². The molecule has 5 heteroatoms. The van der Waals surface area contributed by atoms with Crippen LogP contribution in [0, 0.1) is 13.8 Å². The van der Waals surface area contributed by atoms with Gasteiger partial charge in [0.05, 0.1) is 25.8 Å². The highest BCUT2D eigenvalue weighted by Crippen LogP contribution is 2.19. The smallest absolute Gasteiger partial charge is 0.223 e. The summed E-state index contributed by atoms with van der Waals surface area (Å²) in [7, 11) is 0. The molecule has 2 rings (SSSR count). The van der Waals surface area contributed by atoms with Gasteiger partial charge in [-0.25, -0.2) is 0 Å². The van der Waals surface area contributed by atoms with Gasteiger partial charge in [0.1, 0.15) is 17.6 Å². The number of rotatable bonds is 7. The molecule has 1 aromatic heterocycles. The first-order valence-corrected chi connectivity index (χ1v) is 7.24. The highest BCUT2D eigenvalue weighted by atomic mass is 16.5. The number of hydrogen-bond donors (Lipinski definition) is 2. The van der Waals surface area contributed by atoms with Gasteiger partial charge in [0, 0.05) is 0 Å².